The maximum atomic E-state index is 2.56. The number of hydrogen-bond donors (Lipinski definition) is 0. The van der Waals surface area contributed by atoms with E-state index < -0.39 is 0 Å². The van der Waals surface area contributed by atoms with Gasteiger partial charge in [-0.15, -0.1) is 0 Å². The maximum absolute atomic E-state index is 2.56. The molecule has 0 aliphatic heterocycles. The van der Waals surface area contributed by atoms with Gasteiger partial charge in [-0.1, -0.05) is 117 Å². The summed E-state index contributed by atoms with van der Waals surface area (Å²) in [6.45, 7) is 9.33. The van der Waals surface area contributed by atoms with E-state index in [0.717, 1.165) is 0 Å². The molecule has 31 heavy (non-hydrogen) atoms. The van der Waals surface area contributed by atoms with Crippen LogP contribution in [-0.2, 0) is 19.5 Å². The zero-order chi connectivity index (χ0) is 22.4. The first-order valence-electron chi connectivity index (χ1n) is 14.4. The minimum absolute atomic E-state index is 1.21. The fourth-order valence-corrected chi connectivity index (χ4v) is 4.73. The van der Waals surface area contributed by atoms with Crippen molar-refractivity contribution in [2.24, 2.45) is 0 Å². The van der Waals surface area contributed by atoms with Crippen LogP contribution in [0.25, 0.3) is 0 Å². The van der Waals surface area contributed by atoms with Crippen molar-refractivity contribution in [2.75, 3.05) is 0 Å². The van der Waals surface area contributed by atoms with Crippen LogP contribution < -0.4 is 4.57 Å². The first-order valence-corrected chi connectivity index (χ1v) is 14.4. The number of imidazole rings is 1. The lowest BCUT2D eigenvalue weighted by atomic mass is 10.0. The first kappa shape index (κ1) is 28.2. The van der Waals surface area contributed by atoms with Crippen LogP contribution in [0.15, 0.2) is 12.4 Å². The first-order chi connectivity index (χ1) is 15.3. The van der Waals surface area contributed by atoms with Gasteiger partial charge in [0, 0.05) is 6.42 Å². The van der Waals surface area contributed by atoms with E-state index in [1.807, 2.05) is 0 Å². The zero-order valence-electron chi connectivity index (χ0n) is 21.8. The van der Waals surface area contributed by atoms with Crippen molar-refractivity contribution in [3.63, 3.8) is 0 Å². The second-order valence-electron chi connectivity index (χ2n) is 9.86. The highest BCUT2D eigenvalue weighted by Gasteiger charge is 2.16. The Morgan fingerprint density at radius 3 is 1.55 bits per heavy atom. The normalized spacial score (nSPS) is 11.5. The quantitative estimate of drug-likeness (QED) is 0.120. The van der Waals surface area contributed by atoms with E-state index in [0.29, 0.717) is 0 Å². The van der Waals surface area contributed by atoms with Crippen molar-refractivity contribution < 1.29 is 4.57 Å². The summed E-state index contributed by atoms with van der Waals surface area (Å²) in [4.78, 5) is 0. The number of hydrogen-bond acceptors (Lipinski definition) is 0. The molecule has 0 aliphatic rings. The monoisotopic (exact) mass is 433 g/mol. The average Bonchev–Trinajstić information content (AvgIpc) is 3.16. The van der Waals surface area contributed by atoms with Gasteiger partial charge in [-0.25, -0.2) is 9.13 Å². The highest BCUT2D eigenvalue weighted by Crippen LogP contribution is 2.14. The lowest BCUT2D eigenvalue weighted by Gasteiger charge is -2.06. The van der Waals surface area contributed by atoms with Gasteiger partial charge in [0.15, 0.2) is 0 Å². The van der Waals surface area contributed by atoms with Crippen LogP contribution in [-0.4, -0.2) is 4.57 Å². The van der Waals surface area contributed by atoms with E-state index in [1.54, 1.807) is 5.82 Å². The topological polar surface area (TPSA) is 8.81 Å². The number of nitrogens with zero attached hydrogens (tertiary/aromatic N) is 2. The molecule has 1 aromatic rings. The van der Waals surface area contributed by atoms with Crippen molar-refractivity contribution in [2.45, 2.75) is 169 Å². The molecule has 1 aromatic heterocycles. The largest absolute Gasteiger partial charge is 0.256 e. The van der Waals surface area contributed by atoms with E-state index in [4.69, 9.17) is 0 Å². The van der Waals surface area contributed by atoms with Crippen LogP contribution in [0.2, 0.25) is 0 Å². The molecule has 1 rings (SSSR count). The van der Waals surface area contributed by atoms with Crippen LogP contribution in [0.3, 0.4) is 0 Å². The van der Waals surface area contributed by atoms with Gasteiger partial charge in [0.25, 0.3) is 5.82 Å². The predicted octanol–water partition coefficient (Wildman–Crippen LogP) is 9.18. The maximum Gasteiger partial charge on any atom is 0.256 e. The van der Waals surface area contributed by atoms with Crippen molar-refractivity contribution in [3.05, 3.63) is 18.2 Å². The van der Waals surface area contributed by atoms with E-state index in [9.17, 15) is 0 Å². The Kier molecular flexibility index (Phi) is 19.2. The van der Waals surface area contributed by atoms with Gasteiger partial charge in [-0.3, -0.25) is 0 Å². The molecular weight excluding hydrogens is 376 g/mol. The molecular formula is C29H57N2+. The summed E-state index contributed by atoms with van der Waals surface area (Å²) in [6.07, 6.45) is 34.1. The van der Waals surface area contributed by atoms with Crippen LogP contribution >= 0.6 is 0 Å². The summed E-state index contributed by atoms with van der Waals surface area (Å²) >= 11 is 0. The van der Waals surface area contributed by atoms with Gasteiger partial charge in [0.2, 0.25) is 0 Å². The number of aryl methyl sites for hydroxylation is 2. The van der Waals surface area contributed by atoms with Gasteiger partial charge in [-0.05, 0) is 32.1 Å². The van der Waals surface area contributed by atoms with Gasteiger partial charge < -0.3 is 0 Å². The Hall–Kier alpha value is -0.790. The van der Waals surface area contributed by atoms with Gasteiger partial charge in [0.05, 0.1) is 13.1 Å². The summed E-state index contributed by atoms with van der Waals surface area (Å²) in [5.41, 5.74) is 0. The minimum atomic E-state index is 1.21. The molecule has 182 valence electrons. The molecule has 0 atom stereocenters. The molecule has 2 nitrogen and oxygen atoms in total. The van der Waals surface area contributed by atoms with Gasteiger partial charge in [0.1, 0.15) is 12.4 Å². The van der Waals surface area contributed by atoms with Gasteiger partial charge in [-0.2, -0.15) is 0 Å². The molecule has 0 aliphatic carbocycles. The van der Waals surface area contributed by atoms with Crippen molar-refractivity contribution >= 4 is 0 Å². The molecule has 0 unspecified atom stereocenters. The molecule has 0 bridgehead atoms. The Balaban J connectivity index is 2.13. The molecule has 0 amide bonds. The van der Waals surface area contributed by atoms with E-state index >= 15 is 0 Å². The Morgan fingerprint density at radius 2 is 1.00 bits per heavy atom. The highest BCUT2D eigenvalue weighted by molar-refractivity contribution is 4.84. The molecule has 0 N–H and O–H groups in total. The van der Waals surface area contributed by atoms with Crippen LogP contribution in [0.1, 0.15) is 155 Å². The van der Waals surface area contributed by atoms with Crippen LogP contribution in [0, 0.1) is 0 Å². The standard InChI is InChI=1S/C29H57N2/c1-4-7-10-11-12-13-14-15-16-17-18-19-20-21-24-29-30(25-22-8-5-2)27-28-31(29)26-23-9-6-3/h27-28H,4-26H2,1-3H3/q+1. The molecule has 0 saturated carbocycles. The third-order valence-electron chi connectivity index (χ3n) is 6.85. The lowest BCUT2D eigenvalue weighted by Crippen LogP contribution is -2.37. The second kappa shape index (κ2) is 21.1. The molecule has 0 radical (unpaired) electrons. The Labute approximate surface area is 196 Å². The minimum Gasteiger partial charge on any atom is -0.234 e. The third kappa shape index (κ3) is 14.8. The summed E-state index contributed by atoms with van der Waals surface area (Å²) < 4.78 is 5.12. The van der Waals surface area contributed by atoms with E-state index in [2.05, 4.69) is 42.3 Å². The summed E-state index contributed by atoms with van der Waals surface area (Å²) in [5.74, 6) is 1.59. The third-order valence-corrected chi connectivity index (χ3v) is 6.85. The fraction of sp³-hybridized carbons (Fsp3) is 0.897. The summed E-state index contributed by atoms with van der Waals surface area (Å²) in [5, 5.41) is 0. The average molecular weight is 434 g/mol. The Morgan fingerprint density at radius 1 is 0.548 bits per heavy atom. The van der Waals surface area contributed by atoms with E-state index in [-0.39, 0.29) is 0 Å². The smallest absolute Gasteiger partial charge is 0.234 e. The van der Waals surface area contributed by atoms with Crippen molar-refractivity contribution in [3.8, 4) is 0 Å². The summed E-state index contributed by atoms with van der Waals surface area (Å²) in [6, 6.07) is 0. The second-order valence-corrected chi connectivity index (χ2v) is 9.86. The SMILES string of the molecule is CCCCCCCCCCCCCCCCc1n(CCCCC)cc[n+]1CCCCC. The van der Waals surface area contributed by atoms with Crippen molar-refractivity contribution in [1.82, 2.24) is 4.57 Å². The van der Waals surface area contributed by atoms with Crippen LogP contribution in [0.5, 0.6) is 0 Å². The molecule has 0 aromatic carbocycles. The number of unbranched alkanes of at least 4 members (excludes halogenated alkanes) is 17. The molecule has 0 saturated heterocycles. The van der Waals surface area contributed by atoms with Gasteiger partial charge >= 0.3 is 0 Å². The molecule has 2 heteroatoms. The van der Waals surface area contributed by atoms with E-state index in [1.165, 1.54) is 148 Å². The fourth-order valence-electron chi connectivity index (χ4n) is 4.73. The molecule has 0 fully saturated rings. The lowest BCUT2D eigenvalue weighted by molar-refractivity contribution is -0.704. The highest BCUT2D eigenvalue weighted by atomic mass is 15.1. The zero-order valence-corrected chi connectivity index (χ0v) is 21.8. The Bertz CT molecular complexity index is 463. The summed E-state index contributed by atoms with van der Waals surface area (Å²) in [7, 11) is 0. The molecule has 1 heterocycles. The van der Waals surface area contributed by atoms with Crippen molar-refractivity contribution in [1.29, 1.82) is 0 Å². The molecule has 0 spiro atoms. The number of rotatable bonds is 23. The predicted molar refractivity (Wildman–Crippen MR) is 138 cm³/mol. The van der Waals surface area contributed by atoms with Crippen LogP contribution in [0.4, 0.5) is 0 Å². The number of aromatic nitrogens is 2.